The van der Waals surface area contributed by atoms with Crippen LogP contribution >= 0.6 is 0 Å². The van der Waals surface area contributed by atoms with Gasteiger partial charge in [0.15, 0.2) is 4.90 Å². The smallest absolute Gasteiger partial charge is 0.304 e. The molecule has 0 aromatic heterocycles. The summed E-state index contributed by atoms with van der Waals surface area (Å²) in [5.41, 5.74) is 0.659. The lowest BCUT2D eigenvalue weighted by molar-refractivity contribution is -0.387. The van der Waals surface area contributed by atoms with Gasteiger partial charge in [-0.25, -0.2) is 13.1 Å². The van der Waals surface area contributed by atoms with Crippen molar-refractivity contribution < 1.29 is 23.2 Å². The van der Waals surface area contributed by atoms with Crippen LogP contribution in [0, 0.1) is 24.0 Å². The third kappa shape index (κ3) is 3.75. The molecule has 9 heteroatoms. The van der Waals surface area contributed by atoms with Crippen molar-refractivity contribution in [2.75, 3.05) is 6.54 Å². The van der Waals surface area contributed by atoms with Crippen molar-refractivity contribution in [1.82, 2.24) is 4.72 Å². The molecule has 8 nitrogen and oxygen atoms in total. The zero-order valence-electron chi connectivity index (χ0n) is 10.9. The largest absolute Gasteiger partial charge is 0.481 e. The molecule has 110 valence electrons. The molecule has 1 rings (SSSR count). The molecule has 0 fully saturated rings. The van der Waals surface area contributed by atoms with E-state index in [0.29, 0.717) is 11.1 Å². The summed E-state index contributed by atoms with van der Waals surface area (Å²) in [6.45, 7) is 2.94. The fraction of sp³-hybridized carbons (Fsp3) is 0.364. The van der Waals surface area contributed by atoms with E-state index < -0.39 is 37.9 Å². The van der Waals surface area contributed by atoms with Crippen molar-refractivity contribution in [2.24, 2.45) is 0 Å². The number of rotatable bonds is 6. The molecule has 0 heterocycles. The Hall–Kier alpha value is -2.00. The highest BCUT2D eigenvalue weighted by Gasteiger charge is 2.26. The van der Waals surface area contributed by atoms with Crippen LogP contribution in [0.1, 0.15) is 17.5 Å². The Bertz CT molecular complexity index is 653. The number of hydrogen-bond donors (Lipinski definition) is 2. The molecule has 0 saturated carbocycles. The molecule has 1 aromatic rings. The molecule has 0 saturated heterocycles. The van der Waals surface area contributed by atoms with E-state index in [-0.39, 0.29) is 6.54 Å². The number of aliphatic carboxylic acids is 1. The first-order valence-corrected chi connectivity index (χ1v) is 7.10. The first kappa shape index (κ1) is 16.1. The van der Waals surface area contributed by atoms with Crippen LogP contribution in [-0.4, -0.2) is 31.0 Å². The average Bonchev–Trinajstić information content (AvgIpc) is 2.30. The van der Waals surface area contributed by atoms with E-state index in [0.717, 1.165) is 0 Å². The summed E-state index contributed by atoms with van der Waals surface area (Å²) in [5.74, 6) is -1.16. The van der Waals surface area contributed by atoms with E-state index in [9.17, 15) is 23.3 Å². The van der Waals surface area contributed by atoms with Gasteiger partial charge in [-0.1, -0.05) is 0 Å². The Morgan fingerprint density at radius 1 is 1.35 bits per heavy atom. The second kappa shape index (κ2) is 5.97. The third-order valence-electron chi connectivity index (χ3n) is 2.69. The Kier molecular flexibility index (Phi) is 4.79. The molecular formula is C11H14N2O6S. The number of hydrogen-bond acceptors (Lipinski definition) is 5. The van der Waals surface area contributed by atoms with Gasteiger partial charge in [0, 0.05) is 12.6 Å². The minimum atomic E-state index is -4.13. The van der Waals surface area contributed by atoms with Crippen LogP contribution in [0.25, 0.3) is 0 Å². The summed E-state index contributed by atoms with van der Waals surface area (Å²) < 4.78 is 26.0. The van der Waals surface area contributed by atoms with Crippen molar-refractivity contribution in [3.8, 4) is 0 Å². The lowest BCUT2D eigenvalue weighted by atomic mass is 10.1. The fourth-order valence-corrected chi connectivity index (χ4v) is 2.77. The van der Waals surface area contributed by atoms with Crippen LogP contribution in [0.4, 0.5) is 5.69 Å². The van der Waals surface area contributed by atoms with E-state index in [1.807, 2.05) is 4.72 Å². The lowest BCUT2D eigenvalue weighted by Gasteiger charge is -2.09. The van der Waals surface area contributed by atoms with Crippen molar-refractivity contribution in [2.45, 2.75) is 25.2 Å². The second-order valence-corrected chi connectivity index (χ2v) is 5.94. The van der Waals surface area contributed by atoms with Gasteiger partial charge < -0.3 is 5.11 Å². The van der Waals surface area contributed by atoms with Gasteiger partial charge in [-0.15, -0.1) is 0 Å². The minimum Gasteiger partial charge on any atom is -0.481 e. The monoisotopic (exact) mass is 302 g/mol. The summed E-state index contributed by atoms with van der Waals surface area (Å²) in [7, 11) is -4.13. The number of carboxylic acid groups (broad SMARTS) is 1. The summed E-state index contributed by atoms with van der Waals surface area (Å²) in [5, 5.41) is 19.4. The fourth-order valence-electron chi connectivity index (χ4n) is 1.50. The van der Waals surface area contributed by atoms with E-state index >= 15 is 0 Å². The second-order valence-electron chi connectivity index (χ2n) is 4.20. The van der Waals surface area contributed by atoms with Gasteiger partial charge in [0.2, 0.25) is 10.0 Å². The van der Waals surface area contributed by atoms with Crippen LogP contribution < -0.4 is 4.72 Å². The number of aryl methyl sites for hydroxylation is 2. The van der Waals surface area contributed by atoms with Gasteiger partial charge in [-0.05, 0) is 31.0 Å². The van der Waals surface area contributed by atoms with Gasteiger partial charge in [0.1, 0.15) is 0 Å². The maximum Gasteiger partial charge on any atom is 0.304 e. The van der Waals surface area contributed by atoms with Gasteiger partial charge in [0.05, 0.1) is 11.3 Å². The Morgan fingerprint density at radius 2 is 1.90 bits per heavy atom. The highest BCUT2D eigenvalue weighted by Crippen LogP contribution is 2.27. The van der Waals surface area contributed by atoms with Gasteiger partial charge in [-0.2, -0.15) is 0 Å². The van der Waals surface area contributed by atoms with Crippen molar-refractivity contribution in [3.63, 3.8) is 0 Å². The van der Waals surface area contributed by atoms with Crippen LogP contribution in [0.3, 0.4) is 0 Å². The molecule has 0 atom stereocenters. The Morgan fingerprint density at radius 3 is 2.40 bits per heavy atom. The number of nitro benzene ring substituents is 1. The Balaban J connectivity index is 3.20. The molecule has 0 amide bonds. The standard InChI is InChI=1S/C11H14N2O6S/c1-7-5-9(13(16)17)10(6-8(7)2)20(18,19)12-4-3-11(14)15/h5-6,12H,3-4H2,1-2H3,(H,14,15). The number of nitro groups is 1. The highest BCUT2D eigenvalue weighted by molar-refractivity contribution is 7.89. The van der Waals surface area contributed by atoms with E-state index in [2.05, 4.69) is 0 Å². The summed E-state index contributed by atoms with van der Waals surface area (Å²) in [4.78, 5) is 20.0. The predicted molar refractivity (Wildman–Crippen MR) is 70.0 cm³/mol. The van der Waals surface area contributed by atoms with Crippen molar-refractivity contribution in [3.05, 3.63) is 33.4 Å². The first-order chi connectivity index (χ1) is 9.15. The van der Waals surface area contributed by atoms with Gasteiger partial charge in [-0.3, -0.25) is 14.9 Å². The molecule has 0 aliphatic carbocycles. The van der Waals surface area contributed by atoms with E-state index in [1.165, 1.54) is 12.1 Å². The summed E-state index contributed by atoms with van der Waals surface area (Å²) in [6, 6.07) is 2.39. The van der Waals surface area contributed by atoms with E-state index in [1.54, 1.807) is 13.8 Å². The number of nitrogens with one attached hydrogen (secondary N) is 1. The van der Waals surface area contributed by atoms with Crippen LogP contribution in [0.2, 0.25) is 0 Å². The molecule has 0 bridgehead atoms. The molecule has 1 aromatic carbocycles. The molecule has 0 unspecified atom stereocenters. The molecular weight excluding hydrogens is 288 g/mol. The zero-order valence-corrected chi connectivity index (χ0v) is 11.7. The summed E-state index contributed by atoms with van der Waals surface area (Å²) in [6.07, 6.45) is -0.405. The number of carboxylic acids is 1. The number of carbonyl (C=O) groups is 1. The number of sulfonamides is 1. The Labute approximate surface area is 115 Å². The third-order valence-corrected chi connectivity index (χ3v) is 4.18. The van der Waals surface area contributed by atoms with Crippen LogP contribution in [-0.2, 0) is 14.8 Å². The van der Waals surface area contributed by atoms with Crippen LogP contribution in [0.15, 0.2) is 17.0 Å². The molecule has 0 radical (unpaired) electrons. The van der Waals surface area contributed by atoms with Crippen molar-refractivity contribution in [1.29, 1.82) is 0 Å². The molecule has 0 spiro atoms. The highest BCUT2D eigenvalue weighted by atomic mass is 32.2. The summed E-state index contributed by atoms with van der Waals surface area (Å²) >= 11 is 0. The molecule has 2 N–H and O–H groups in total. The number of benzene rings is 1. The topological polar surface area (TPSA) is 127 Å². The minimum absolute atomic E-state index is 0.332. The van der Waals surface area contributed by atoms with Gasteiger partial charge >= 0.3 is 5.97 Å². The van der Waals surface area contributed by atoms with Gasteiger partial charge in [0.25, 0.3) is 5.69 Å². The number of nitrogens with zero attached hydrogens (tertiary/aromatic N) is 1. The van der Waals surface area contributed by atoms with Crippen molar-refractivity contribution >= 4 is 21.7 Å². The lowest BCUT2D eigenvalue weighted by Crippen LogP contribution is -2.27. The first-order valence-electron chi connectivity index (χ1n) is 5.62. The quantitative estimate of drug-likeness (QED) is 0.595. The molecule has 0 aliphatic rings. The maximum absolute atomic E-state index is 12.0. The van der Waals surface area contributed by atoms with Crippen LogP contribution in [0.5, 0.6) is 0 Å². The van der Waals surface area contributed by atoms with E-state index in [4.69, 9.17) is 5.11 Å². The molecule has 20 heavy (non-hydrogen) atoms. The predicted octanol–water partition coefficient (Wildman–Crippen LogP) is 0.965. The maximum atomic E-state index is 12.0. The normalized spacial score (nSPS) is 11.3. The molecule has 0 aliphatic heterocycles. The zero-order chi connectivity index (χ0) is 15.5. The average molecular weight is 302 g/mol. The SMILES string of the molecule is Cc1cc([N+](=O)[O-])c(S(=O)(=O)NCCC(=O)O)cc1C.